The highest BCUT2D eigenvalue weighted by Crippen LogP contribution is 2.44. The smallest absolute Gasteiger partial charge is 0.309 e. The summed E-state index contributed by atoms with van der Waals surface area (Å²) in [6, 6.07) is 0. The van der Waals surface area contributed by atoms with Crippen molar-refractivity contribution >= 4 is 23.8 Å². The number of rotatable bonds is 8. The van der Waals surface area contributed by atoms with Gasteiger partial charge in [0, 0.05) is 19.6 Å². The molecule has 8 nitrogen and oxygen atoms in total. The Morgan fingerprint density at radius 3 is 2.00 bits per heavy atom. The van der Waals surface area contributed by atoms with Gasteiger partial charge >= 0.3 is 11.9 Å². The van der Waals surface area contributed by atoms with Gasteiger partial charge in [-0.25, -0.2) is 0 Å². The summed E-state index contributed by atoms with van der Waals surface area (Å²) in [5.41, 5.74) is 0. The molecule has 2 saturated carbocycles. The van der Waals surface area contributed by atoms with Crippen LogP contribution in [-0.4, -0.2) is 58.5 Å². The number of aliphatic carboxylic acids is 2. The first-order valence-corrected chi connectivity index (χ1v) is 12.9. The number of carbonyl (C=O) groups excluding carboxylic acids is 2. The molecule has 4 aliphatic rings. The molecule has 0 bridgehead atoms. The fourth-order valence-corrected chi connectivity index (χ4v) is 5.53. The molecule has 2 amide bonds. The summed E-state index contributed by atoms with van der Waals surface area (Å²) in [5, 5.41) is 20.8. The molecule has 3 N–H and O–H groups in total. The number of carbonyl (C=O) groups is 4. The van der Waals surface area contributed by atoms with Crippen LogP contribution >= 0.6 is 0 Å². The minimum Gasteiger partial charge on any atom is -0.481 e. The van der Waals surface area contributed by atoms with E-state index in [9.17, 15) is 24.3 Å². The van der Waals surface area contributed by atoms with Crippen molar-refractivity contribution in [2.45, 2.75) is 78.6 Å². The molecule has 0 spiro atoms. The summed E-state index contributed by atoms with van der Waals surface area (Å²) in [4.78, 5) is 47.5. The SMILES string of the molecule is CC.CCCCCN1CC(C(=O)O)C(C2CC2)C1=O.O=C(O)C1CNC(=O)C1C1CCCC1. The highest BCUT2D eigenvalue weighted by molar-refractivity contribution is 5.89. The summed E-state index contributed by atoms with van der Waals surface area (Å²) in [6.45, 7) is 7.60. The number of likely N-dealkylation sites (tertiary alicyclic amines) is 1. The molecule has 2 saturated heterocycles. The van der Waals surface area contributed by atoms with E-state index in [1.807, 2.05) is 13.8 Å². The standard InChI is InChI=1S/C13H21NO3.C10H15NO3.C2H6/c1-2-3-4-7-14-8-10(13(16)17)11(12(14)15)9-5-6-9;12-9-8(6-3-1-2-4-6)7(5-11-9)10(13)14;1-2/h9-11H,2-8H2,1H3,(H,16,17);6-8H,1-5H2,(H,11,12)(H,13,14);1-2H3. The van der Waals surface area contributed by atoms with Crippen molar-refractivity contribution < 1.29 is 29.4 Å². The summed E-state index contributed by atoms with van der Waals surface area (Å²) in [6.07, 6.45) is 9.59. The molecule has 0 radical (unpaired) electrons. The molecule has 33 heavy (non-hydrogen) atoms. The summed E-state index contributed by atoms with van der Waals surface area (Å²) in [5.74, 6) is -2.39. The van der Waals surface area contributed by atoms with Crippen molar-refractivity contribution in [2.75, 3.05) is 19.6 Å². The van der Waals surface area contributed by atoms with Crippen LogP contribution in [0.15, 0.2) is 0 Å². The second-order valence-corrected chi connectivity index (χ2v) is 9.56. The maximum absolute atomic E-state index is 12.2. The normalized spacial score (nSPS) is 29.1. The van der Waals surface area contributed by atoms with Gasteiger partial charge in [-0.15, -0.1) is 0 Å². The van der Waals surface area contributed by atoms with Gasteiger partial charge in [-0.1, -0.05) is 46.5 Å². The van der Waals surface area contributed by atoms with Crippen LogP contribution in [0.4, 0.5) is 0 Å². The molecule has 4 unspecified atom stereocenters. The zero-order valence-electron chi connectivity index (χ0n) is 20.4. The van der Waals surface area contributed by atoms with Gasteiger partial charge in [-0.05, 0) is 43.9 Å². The maximum Gasteiger partial charge on any atom is 0.309 e. The molecule has 0 aromatic carbocycles. The first-order valence-electron chi connectivity index (χ1n) is 12.9. The largest absolute Gasteiger partial charge is 0.481 e. The average molecular weight is 467 g/mol. The van der Waals surface area contributed by atoms with Crippen LogP contribution in [-0.2, 0) is 19.2 Å². The number of hydrogen-bond donors (Lipinski definition) is 3. The molecule has 4 atom stereocenters. The van der Waals surface area contributed by atoms with E-state index in [1.165, 1.54) is 0 Å². The van der Waals surface area contributed by atoms with E-state index in [0.717, 1.165) is 64.3 Å². The number of nitrogens with zero attached hydrogens (tertiary/aromatic N) is 1. The lowest BCUT2D eigenvalue weighted by molar-refractivity contribution is -0.145. The van der Waals surface area contributed by atoms with Crippen molar-refractivity contribution in [3.05, 3.63) is 0 Å². The Labute approximate surface area is 197 Å². The van der Waals surface area contributed by atoms with Crippen molar-refractivity contribution in [3.8, 4) is 0 Å². The molecule has 8 heteroatoms. The van der Waals surface area contributed by atoms with E-state index in [0.29, 0.717) is 24.9 Å². The van der Waals surface area contributed by atoms with Crippen molar-refractivity contribution in [3.63, 3.8) is 0 Å². The Kier molecular flexibility index (Phi) is 10.6. The zero-order chi connectivity index (χ0) is 24.5. The third-order valence-corrected chi connectivity index (χ3v) is 7.38. The Balaban J connectivity index is 0.000000221. The highest BCUT2D eigenvalue weighted by Gasteiger charge is 2.51. The number of carboxylic acid groups (broad SMARTS) is 2. The van der Waals surface area contributed by atoms with Crippen LogP contribution in [0, 0.1) is 35.5 Å². The summed E-state index contributed by atoms with van der Waals surface area (Å²) >= 11 is 0. The van der Waals surface area contributed by atoms with Crippen LogP contribution in [0.5, 0.6) is 0 Å². The molecule has 4 rings (SSSR count). The second kappa shape index (κ2) is 12.9. The number of nitrogens with one attached hydrogen (secondary N) is 1. The van der Waals surface area contributed by atoms with Crippen LogP contribution < -0.4 is 5.32 Å². The molecule has 0 aromatic rings. The second-order valence-electron chi connectivity index (χ2n) is 9.56. The van der Waals surface area contributed by atoms with Crippen molar-refractivity contribution in [1.82, 2.24) is 10.2 Å². The molecule has 188 valence electrons. The average Bonchev–Trinajstić information content (AvgIpc) is 3.18. The number of carboxylic acids is 2. The van der Waals surface area contributed by atoms with Crippen LogP contribution in [0.25, 0.3) is 0 Å². The Morgan fingerprint density at radius 1 is 0.909 bits per heavy atom. The highest BCUT2D eigenvalue weighted by atomic mass is 16.4. The molecule has 4 fully saturated rings. The first kappa shape index (κ1) is 27.1. The van der Waals surface area contributed by atoms with E-state index in [-0.39, 0.29) is 23.7 Å². The van der Waals surface area contributed by atoms with Gasteiger partial charge in [0.05, 0.1) is 23.7 Å². The van der Waals surface area contributed by atoms with E-state index in [1.54, 1.807) is 4.90 Å². The predicted octanol–water partition coefficient (Wildman–Crippen LogP) is 3.40. The quantitative estimate of drug-likeness (QED) is 0.471. The first-order chi connectivity index (χ1) is 15.8. The van der Waals surface area contributed by atoms with E-state index in [4.69, 9.17) is 5.11 Å². The van der Waals surface area contributed by atoms with E-state index in [2.05, 4.69) is 12.2 Å². The Hall–Kier alpha value is -2.12. The van der Waals surface area contributed by atoms with Crippen LogP contribution in [0.2, 0.25) is 0 Å². The van der Waals surface area contributed by atoms with Gasteiger partial charge in [-0.2, -0.15) is 0 Å². The molecule has 2 heterocycles. The van der Waals surface area contributed by atoms with Crippen molar-refractivity contribution in [1.29, 1.82) is 0 Å². The van der Waals surface area contributed by atoms with Crippen LogP contribution in [0.1, 0.15) is 78.6 Å². The van der Waals surface area contributed by atoms with Gasteiger partial charge in [0.2, 0.25) is 11.8 Å². The number of unbranched alkanes of at least 4 members (excludes halogenated alkanes) is 2. The third-order valence-electron chi connectivity index (χ3n) is 7.38. The minimum atomic E-state index is -0.833. The summed E-state index contributed by atoms with van der Waals surface area (Å²) in [7, 11) is 0. The zero-order valence-corrected chi connectivity index (χ0v) is 20.4. The maximum atomic E-state index is 12.2. The molecule has 2 aliphatic carbocycles. The topological polar surface area (TPSA) is 124 Å². The minimum absolute atomic E-state index is 0.0516. The number of hydrogen-bond acceptors (Lipinski definition) is 4. The van der Waals surface area contributed by atoms with Gasteiger partial charge in [0.25, 0.3) is 0 Å². The van der Waals surface area contributed by atoms with Gasteiger partial charge in [0.1, 0.15) is 0 Å². The molecular formula is C25H42N2O6. The molecule has 2 aliphatic heterocycles. The van der Waals surface area contributed by atoms with E-state index >= 15 is 0 Å². The Morgan fingerprint density at radius 2 is 1.48 bits per heavy atom. The number of amides is 2. The predicted molar refractivity (Wildman–Crippen MR) is 124 cm³/mol. The fraction of sp³-hybridized carbons (Fsp3) is 0.840. The molecular weight excluding hydrogens is 424 g/mol. The van der Waals surface area contributed by atoms with E-state index < -0.39 is 23.8 Å². The monoisotopic (exact) mass is 466 g/mol. The van der Waals surface area contributed by atoms with Crippen LogP contribution in [0.3, 0.4) is 0 Å². The Bertz CT molecular complexity index is 686. The van der Waals surface area contributed by atoms with Gasteiger partial charge in [0.15, 0.2) is 0 Å². The van der Waals surface area contributed by atoms with Gasteiger partial charge in [-0.3, -0.25) is 19.2 Å². The summed E-state index contributed by atoms with van der Waals surface area (Å²) < 4.78 is 0. The lowest BCUT2D eigenvalue weighted by Gasteiger charge is -2.19. The lowest BCUT2D eigenvalue weighted by Crippen LogP contribution is -2.29. The third kappa shape index (κ3) is 6.93. The van der Waals surface area contributed by atoms with Gasteiger partial charge < -0.3 is 20.4 Å². The lowest BCUT2D eigenvalue weighted by atomic mass is 9.82. The fourth-order valence-electron chi connectivity index (χ4n) is 5.53. The van der Waals surface area contributed by atoms with Crippen molar-refractivity contribution in [2.24, 2.45) is 35.5 Å². The molecule has 0 aromatic heterocycles.